The third-order valence-electron chi connectivity index (χ3n) is 1.80. The fraction of sp³-hybridized carbons (Fsp3) is 0.300. The van der Waals surface area contributed by atoms with Crippen LogP contribution in [0.5, 0.6) is 0 Å². The number of carbonyl (C=O) groups is 1. The maximum Gasteiger partial charge on any atom is 0.404 e. The van der Waals surface area contributed by atoms with Crippen LogP contribution in [0.4, 0.5) is 4.79 Å². The van der Waals surface area contributed by atoms with Gasteiger partial charge < -0.3 is 10.4 Å². The number of benzene rings is 1. The number of rotatable bonds is 3. The Morgan fingerprint density at radius 3 is 2.93 bits per heavy atom. The van der Waals surface area contributed by atoms with Crippen molar-refractivity contribution < 1.29 is 9.90 Å². The van der Waals surface area contributed by atoms with E-state index in [9.17, 15) is 4.79 Å². The Morgan fingerprint density at radius 1 is 1.64 bits per heavy atom. The third-order valence-corrected chi connectivity index (χ3v) is 2.04. The molecule has 0 bridgehead atoms. The zero-order valence-corrected chi connectivity index (χ0v) is 8.58. The highest BCUT2D eigenvalue weighted by atomic mass is 35.5. The summed E-state index contributed by atoms with van der Waals surface area (Å²) in [4.78, 5) is 10.3. The second kappa shape index (κ2) is 4.86. The SMILES string of the molecule is CC(Cc1cccc(Cl)c1)NC(=O)O. The molecule has 76 valence electrons. The maximum absolute atomic E-state index is 10.3. The van der Waals surface area contributed by atoms with Crippen LogP contribution < -0.4 is 5.32 Å². The van der Waals surface area contributed by atoms with Crippen molar-refractivity contribution in [2.75, 3.05) is 0 Å². The molecule has 0 aliphatic rings. The lowest BCUT2D eigenvalue weighted by Crippen LogP contribution is -2.32. The molecule has 1 atom stereocenters. The van der Waals surface area contributed by atoms with E-state index in [2.05, 4.69) is 5.32 Å². The van der Waals surface area contributed by atoms with Crippen molar-refractivity contribution in [3.8, 4) is 0 Å². The number of halogens is 1. The van der Waals surface area contributed by atoms with Crippen molar-refractivity contribution in [1.82, 2.24) is 5.32 Å². The normalized spacial score (nSPS) is 12.1. The Morgan fingerprint density at radius 2 is 2.36 bits per heavy atom. The van der Waals surface area contributed by atoms with E-state index in [1.807, 2.05) is 25.1 Å². The Labute approximate surface area is 87.7 Å². The van der Waals surface area contributed by atoms with Gasteiger partial charge in [0, 0.05) is 11.1 Å². The van der Waals surface area contributed by atoms with Gasteiger partial charge in [0.1, 0.15) is 0 Å². The minimum absolute atomic E-state index is 0.106. The Bertz CT molecular complexity index is 328. The highest BCUT2D eigenvalue weighted by molar-refractivity contribution is 6.30. The Balaban J connectivity index is 2.55. The lowest BCUT2D eigenvalue weighted by Gasteiger charge is -2.11. The van der Waals surface area contributed by atoms with E-state index >= 15 is 0 Å². The fourth-order valence-corrected chi connectivity index (χ4v) is 1.49. The molecule has 0 spiro atoms. The van der Waals surface area contributed by atoms with Crippen molar-refractivity contribution in [3.05, 3.63) is 34.9 Å². The van der Waals surface area contributed by atoms with Gasteiger partial charge in [-0.05, 0) is 31.0 Å². The van der Waals surface area contributed by atoms with Crippen molar-refractivity contribution in [2.45, 2.75) is 19.4 Å². The molecule has 1 unspecified atom stereocenters. The highest BCUT2D eigenvalue weighted by Gasteiger charge is 2.05. The van der Waals surface area contributed by atoms with Crippen molar-refractivity contribution in [2.24, 2.45) is 0 Å². The van der Waals surface area contributed by atoms with Gasteiger partial charge in [-0.2, -0.15) is 0 Å². The summed E-state index contributed by atoms with van der Waals surface area (Å²) in [7, 11) is 0. The third kappa shape index (κ3) is 3.66. The van der Waals surface area contributed by atoms with Gasteiger partial charge >= 0.3 is 6.09 Å². The predicted molar refractivity (Wildman–Crippen MR) is 55.8 cm³/mol. The quantitative estimate of drug-likeness (QED) is 0.811. The van der Waals surface area contributed by atoms with Gasteiger partial charge in [-0.3, -0.25) is 0 Å². The molecular weight excluding hydrogens is 202 g/mol. The van der Waals surface area contributed by atoms with Crippen LogP contribution in [0, 0.1) is 0 Å². The van der Waals surface area contributed by atoms with Gasteiger partial charge in [-0.25, -0.2) is 4.79 Å². The lowest BCUT2D eigenvalue weighted by atomic mass is 10.1. The first-order valence-corrected chi connectivity index (χ1v) is 4.69. The first kappa shape index (κ1) is 10.9. The summed E-state index contributed by atoms with van der Waals surface area (Å²) >= 11 is 5.80. The van der Waals surface area contributed by atoms with Crippen LogP contribution in [0.1, 0.15) is 12.5 Å². The molecule has 0 heterocycles. The Kier molecular flexibility index (Phi) is 3.77. The van der Waals surface area contributed by atoms with E-state index in [-0.39, 0.29) is 6.04 Å². The van der Waals surface area contributed by atoms with Crippen LogP contribution >= 0.6 is 11.6 Å². The molecule has 1 rings (SSSR count). The van der Waals surface area contributed by atoms with Crippen molar-refractivity contribution in [1.29, 1.82) is 0 Å². The zero-order valence-electron chi connectivity index (χ0n) is 7.83. The summed E-state index contributed by atoms with van der Waals surface area (Å²) in [5.74, 6) is 0. The monoisotopic (exact) mass is 213 g/mol. The molecule has 4 heteroatoms. The average Bonchev–Trinajstić information content (AvgIpc) is 2.01. The van der Waals surface area contributed by atoms with E-state index in [0.29, 0.717) is 11.4 Å². The van der Waals surface area contributed by atoms with E-state index in [0.717, 1.165) is 5.56 Å². The van der Waals surface area contributed by atoms with Crippen LogP contribution in [0.2, 0.25) is 5.02 Å². The lowest BCUT2D eigenvalue weighted by molar-refractivity contribution is 0.190. The Hall–Kier alpha value is -1.22. The van der Waals surface area contributed by atoms with E-state index < -0.39 is 6.09 Å². The van der Waals surface area contributed by atoms with Gasteiger partial charge in [-0.15, -0.1) is 0 Å². The van der Waals surface area contributed by atoms with Gasteiger partial charge in [0.25, 0.3) is 0 Å². The molecule has 1 amide bonds. The molecule has 0 saturated carbocycles. The highest BCUT2D eigenvalue weighted by Crippen LogP contribution is 2.12. The first-order chi connectivity index (χ1) is 6.58. The van der Waals surface area contributed by atoms with Gasteiger partial charge in [-0.1, -0.05) is 23.7 Å². The number of hydrogen-bond acceptors (Lipinski definition) is 1. The topological polar surface area (TPSA) is 49.3 Å². The van der Waals surface area contributed by atoms with Gasteiger partial charge in [0.2, 0.25) is 0 Å². The predicted octanol–water partition coefficient (Wildman–Crippen LogP) is 2.54. The first-order valence-electron chi connectivity index (χ1n) is 4.32. The summed E-state index contributed by atoms with van der Waals surface area (Å²) in [6.45, 7) is 1.81. The van der Waals surface area contributed by atoms with Crippen molar-refractivity contribution >= 4 is 17.7 Å². The summed E-state index contributed by atoms with van der Waals surface area (Å²) in [5.41, 5.74) is 1.03. The molecule has 0 saturated heterocycles. The minimum atomic E-state index is -1.00. The zero-order chi connectivity index (χ0) is 10.6. The summed E-state index contributed by atoms with van der Waals surface area (Å²) < 4.78 is 0. The second-order valence-corrected chi connectivity index (χ2v) is 3.62. The summed E-state index contributed by atoms with van der Waals surface area (Å²) in [6, 6.07) is 7.30. The largest absolute Gasteiger partial charge is 0.465 e. The standard InChI is InChI=1S/C10H12ClNO2/c1-7(12-10(13)14)5-8-3-2-4-9(11)6-8/h2-4,6-7,12H,5H2,1H3,(H,13,14). The smallest absolute Gasteiger partial charge is 0.404 e. The molecule has 1 aromatic carbocycles. The van der Waals surface area contributed by atoms with Crippen LogP contribution in [0.3, 0.4) is 0 Å². The summed E-state index contributed by atoms with van der Waals surface area (Å²) in [5, 5.41) is 11.5. The molecule has 2 N–H and O–H groups in total. The number of nitrogens with one attached hydrogen (secondary N) is 1. The van der Waals surface area contributed by atoms with E-state index in [1.54, 1.807) is 6.07 Å². The molecule has 0 aliphatic carbocycles. The molecule has 0 fully saturated rings. The number of amides is 1. The molecule has 3 nitrogen and oxygen atoms in total. The average molecular weight is 214 g/mol. The second-order valence-electron chi connectivity index (χ2n) is 3.18. The van der Waals surface area contributed by atoms with Crippen LogP contribution in [-0.4, -0.2) is 17.2 Å². The number of hydrogen-bond donors (Lipinski definition) is 2. The maximum atomic E-state index is 10.3. The van der Waals surface area contributed by atoms with E-state index in [4.69, 9.17) is 16.7 Å². The van der Waals surface area contributed by atoms with Crippen LogP contribution in [0.25, 0.3) is 0 Å². The molecule has 14 heavy (non-hydrogen) atoms. The number of carboxylic acid groups (broad SMARTS) is 1. The van der Waals surface area contributed by atoms with E-state index in [1.165, 1.54) is 0 Å². The fourth-order valence-electron chi connectivity index (χ4n) is 1.28. The minimum Gasteiger partial charge on any atom is -0.465 e. The van der Waals surface area contributed by atoms with Crippen LogP contribution in [-0.2, 0) is 6.42 Å². The molecule has 0 aliphatic heterocycles. The molecular formula is C10H12ClNO2. The van der Waals surface area contributed by atoms with Crippen molar-refractivity contribution in [3.63, 3.8) is 0 Å². The van der Waals surface area contributed by atoms with Gasteiger partial charge in [0.05, 0.1) is 0 Å². The molecule has 0 radical (unpaired) electrons. The van der Waals surface area contributed by atoms with Crippen LogP contribution in [0.15, 0.2) is 24.3 Å². The summed E-state index contributed by atoms with van der Waals surface area (Å²) in [6.07, 6.45) is -0.355. The molecule has 0 aromatic heterocycles. The van der Waals surface area contributed by atoms with Gasteiger partial charge in [0.15, 0.2) is 0 Å². The molecule has 1 aromatic rings.